The summed E-state index contributed by atoms with van der Waals surface area (Å²) in [5.41, 5.74) is 1.95. The molecule has 3 aromatic carbocycles. The Balaban J connectivity index is 1.87. The molecule has 3 aromatic rings. The van der Waals surface area contributed by atoms with E-state index in [1.165, 1.54) is 0 Å². The van der Waals surface area contributed by atoms with Crippen molar-refractivity contribution in [3.05, 3.63) is 72.8 Å². The molecule has 0 amide bonds. The van der Waals surface area contributed by atoms with Gasteiger partial charge >= 0.3 is 0 Å². The quantitative estimate of drug-likeness (QED) is 0.448. The molecular formula is C20H14O2. The highest BCUT2D eigenvalue weighted by Gasteiger charge is 2.20. The van der Waals surface area contributed by atoms with Crippen LogP contribution in [0.2, 0.25) is 0 Å². The van der Waals surface area contributed by atoms with E-state index in [0.717, 1.165) is 33.4 Å². The molecule has 1 aliphatic heterocycles. The molecule has 2 heteroatoms. The summed E-state index contributed by atoms with van der Waals surface area (Å²) < 4.78 is 12.0. The number of hydrogen-bond acceptors (Lipinski definition) is 2. The summed E-state index contributed by atoms with van der Waals surface area (Å²) in [6, 6.07) is 16.0. The number of rotatable bonds is 2. The summed E-state index contributed by atoms with van der Waals surface area (Å²) in [5.74, 6) is 2.85. The fourth-order valence-corrected chi connectivity index (χ4v) is 2.70. The summed E-state index contributed by atoms with van der Waals surface area (Å²) in [5, 5.41) is 2.25. The highest BCUT2D eigenvalue weighted by molar-refractivity contribution is 5.86. The van der Waals surface area contributed by atoms with Crippen LogP contribution in [0, 0.1) is 0 Å². The van der Waals surface area contributed by atoms with E-state index in [-0.39, 0.29) is 0 Å². The average Bonchev–Trinajstić information content (AvgIpc) is 2.56. The van der Waals surface area contributed by atoms with Gasteiger partial charge in [0, 0.05) is 0 Å². The zero-order valence-corrected chi connectivity index (χ0v) is 12.0. The first-order valence-electron chi connectivity index (χ1n) is 7.10. The Kier molecular flexibility index (Phi) is 2.76. The normalized spacial score (nSPS) is 11.8. The van der Waals surface area contributed by atoms with Gasteiger partial charge in [-0.1, -0.05) is 49.6 Å². The van der Waals surface area contributed by atoms with Crippen molar-refractivity contribution >= 4 is 22.9 Å². The predicted molar refractivity (Wildman–Crippen MR) is 90.7 cm³/mol. The molecule has 2 nitrogen and oxygen atoms in total. The number of ether oxygens (including phenoxy) is 2. The Labute approximate surface area is 128 Å². The molecule has 22 heavy (non-hydrogen) atoms. The highest BCUT2D eigenvalue weighted by atomic mass is 16.6. The highest BCUT2D eigenvalue weighted by Crippen LogP contribution is 2.47. The summed E-state index contributed by atoms with van der Waals surface area (Å²) in [4.78, 5) is 0. The standard InChI is InChI=1S/C20H14O2/c1-3-13-9-17-18(10-14(13)4-2)22-20-12-16-8-6-5-7-15(16)11-19(20)21-17/h3-12H,1-2H2. The Bertz CT molecular complexity index is 847. The van der Waals surface area contributed by atoms with Gasteiger partial charge in [-0.2, -0.15) is 0 Å². The van der Waals surface area contributed by atoms with Crippen molar-refractivity contribution in [3.8, 4) is 23.0 Å². The molecule has 4 rings (SSSR count). The van der Waals surface area contributed by atoms with Crippen LogP contribution in [0.5, 0.6) is 23.0 Å². The van der Waals surface area contributed by atoms with Gasteiger partial charge in [0.2, 0.25) is 0 Å². The maximum Gasteiger partial charge on any atom is 0.170 e. The van der Waals surface area contributed by atoms with E-state index in [0.29, 0.717) is 11.5 Å². The molecule has 0 bridgehead atoms. The molecule has 0 unspecified atom stereocenters. The number of benzene rings is 3. The molecular weight excluding hydrogens is 272 g/mol. The molecule has 0 aromatic heterocycles. The fraction of sp³-hybridized carbons (Fsp3) is 0. The summed E-state index contributed by atoms with van der Waals surface area (Å²) in [7, 11) is 0. The van der Waals surface area contributed by atoms with Crippen molar-refractivity contribution in [3.63, 3.8) is 0 Å². The second kappa shape index (κ2) is 4.78. The van der Waals surface area contributed by atoms with Gasteiger partial charge in [0.05, 0.1) is 0 Å². The largest absolute Gasteiger partial charge is 0.449 e. The van der Waals surface area contributed by atoms with Crippen LogP contribution >= 0.6 is 0 Å². The maximum atomic E-state index is 6.02. The topological polar surface area (TPSA) is 18.5 Å². The lowest BCUT2D eigenvalue weighted by molar-refractivity contribution is 0.360. The van der Waals surface area contributed by atoms with Crippen LogP contribution in [0.15, 0.2) is 61.7 Å². The Morgan fingerprint density at radius 3 is 1.45 bits per heavy atom. The summed E-state index contributed by atoms with van der Waals surface area (Å²) in [6.45, 7) is 7.66. The monoisotopic (exact) mass is 286 g/mol. The molecule has 0 N–H and O–H groups in total. The predicted octanol–water partition coefficient (Wildman–Crippen LogP) is 6.02. The Morgan fingerprint density at radius 2 is 1.05 bits per heavy atom. The Hall–Kier alpha value is -3.00. The molecule has 0 radical (unpaired) electrons. The molecule has 0 fully saturated rings. The fourth-order valence-electron chi connectivity index (χ4n) is 2.70. The van der Waals surface area contributed by atoms with Crippen molar-refractivity contribution in [2.24, 2.45) is 0 Å². The minimum Gasteiger partial charge on any atom is -0.449 e. The van der Waals surface area contributed by atoms with Crippen LogP contribution < -0.4 is 9.47 Å². The maximum absolute atomic E-state index is 6.02. The van der Waals surface area contributed by atoms with Gasteiger partial charge in [0.1, 0.15) is 0 Å². The summed E-state index contributed by atoms with van der Waals surface area (Å²) in [6.07, 6.45) is 3.58. The van der Waals surface area contributed by atoms with Crippen LogP contribution in [-0.4, -0.2) is 0 Å². The Morgan fingerprint density at radius 1 is 0.636 bits per heavy atom. The van der Waals surface area contributed by atoms with Gasteiger partial charge in [-0.25, -0.2) is 0 Å². The average molecular weight is 286 g/mol. The van der Waals surface area contributed by atoms with E-state index >= 15 is 0 Å². The van der Waals surface area contributed by atoms with Crippen LogP contribution in [0.25, 0.3) is 22.9 Å². The molecule has 1 heterocycles. The van der Waals surface area contributed by atoms with Gasteiger partial charge in [-0.05, 0) is 46.2 Å². The molecule has 0 atom stereocenters. The second-order valence-corrected chi connectivity index (χ2v) is 5.19. The van der Waals surface area contributed by atoms with Gasteiger partial charge in [-0.15, -0.1) is 0 Å². The van der Waals surface area contributed by atoms with E-state index in [9.17, 15) is 0 Å². The summed E-state index contributed by atoms with van der Waals surface area (Å²) >= 11 is 0. The zero-order chi connectivity index (χ0) is 15.1. The van der Waals surface area contributed by atoms with Gasteiger partial charge in [0.15, 0.2) is 23.0 Å². The smallest absolute Gasteiger partial charge is 0.170 e. The molecule has 106 valence electrons. The second-order valence-electron chi connectivity index (χ2n) is 5.19. The third kappa shape index (κ3) is 1.89. The van der Waals surface area contributed by atoms with Gasteiger partial charge in [0.25, 0.3) is 0 Å². The molecule has 0 spiro atoms. The number of hydrogen-bond donors (Lipinski definition) is 0. The minimum absolute atomic E-state index is 0.697. The van der Waals surface area contributed by atoms with Crippen LogP contribution in [-0.2, 0) is 0 Å². The first kappa shape index (κ1) is 12.7. The van der Waals surface area contributed by atoms with E-state index in [4.69, 9.17) is 9.47 Å². The van der Waals surface area contributed by atoms with Crippen LogP contribution in [0.3, 0.4) is 0 Å². The first-order chi connectivity index (χ1) is 10.8. The van der Waals surface area contributed by atoms with Crippen molar-refractivity contribution < 1.29 is 9.47 Å². The van der Waals surface area contributed by atoms with Gasteiger partial charge < -0.3 is 9.47 Å². The van der Waals surface area contributed by atoms with E-state index < -0.39 is 0 Å². The third-order valence-corrected chi connectivity index (χ3v) is 3.84. The lowest BCUT2D eigenvalue weighted by atomic mass is 10.1. The minimum atomic E-state index is 0.697. The van der Waals surface area contributed by atoms with Crippen molar-refractivity contribution in [1.82, 2.24) is 0 Å². The third-order valence-electron chi connectivity index (χ3n) is 3.84. The lowest BCUT2D eigenvalue weighted by Crippen LogP contribution is -2.00. The lowest BCUT2D eigenvalue weighted by Gasteiger charge is -2.22. The SMILES string of the molecule is C=Cc1cc2c(cc1C=C)Oc1cc3ccccc3cc1O2. The molecule has 0 saturated carbocycles. The first-order valence-corrected chi connectivity index (χ1v) is 7.10. The van der Waals surface area contributed by atoms with Crippen molar-refractivity contribution in [2.75, 3.05) is 0 Å². The molecule has 0 aliphatic carbocycles. The molecule has 1 aliphatic rings. The number of fused-ring (bicyclic) bond motifs is 3. The van der Waals surface area contributed by atoms with Crippen LogP contribution in [0.4, 0.5) is 0 Å². The van der Waals surface area contributed by atoms with E-state index in [1.54, 1.807) is 12.2 Å². The van der Waals surface area contributed by atoms with E-state index in [1.807, 2.05) is 36.4 Å². The van der Waals surface area contributed by atoms with Crippen molar-refractivity contribution in [2.45, 2.75) is 0 Å². The molecule has 0 saturated heterocycles. The van der Waals surface area contributed by atoms with Crippen molar-refractivity contribution in [1.29, 1.82) is 0 Å². The van der Waals surface area contributed by atoms with Crippen LogP contribution in [0.1, 0.15) is 11.1 Å². The zero-order valence-electron chi connectivity index (χ0n) is 12.0. The van der Waals surface area contributed by atoms with Gasteiger partial charge in [-0.3, -0.25) is 0 Å². The van der Waals surface area contributed by atoms with E-state index in [2.05, 4.69) is 25.3 Å².